The van der Waals surface area contributed by atoms with Crippen molar-refractivity contribution in [1.29, 1.82) is 0 Å². The van der Waals surface area contributed by atoms with Gasteiger partial charge in [-0.25, -0.2) is 0 Å². The summed E-state index contributed by atoms with van der Waals surface area (Å²) in [6.45, 7) is 0.513. The molecule has 0 amide bonds. The van der Waals surface area contributed by atoms with Crippen LogP contribution in [0.2, 0.25) is 0 Å². The molecule has 0 atom stereocenters. The van der Waals surface area contributed by atoms with Crippen molar-refractivity contribution in [2.75, 3.05) is 0 Å². The topological polar surface area (TPSA) is 52.0 Å². The van der Waals surface area contributed by atoms with Crippen LogP contribution >= 0.6 is 0 Å². The Morgan fingerprint density at radius 1 is 0.882 bits per heavy atom. The SMILES string of the molecule is NCc1noc2c1CCCCCCCCCC2. The van der Waals surface area contributed by atoms with E-state index in [0.29, 0.717) is 6.54 Å². The minimum atomic E-state index is 0.513. The Hall–Kier alpha value is -0.830. The van der Waals surface area contributed by atoms with Gasteiger partial charge in [-0.15, -0.1) is 0 Å². The molecule has 0 aliphatic heterocycles. The quantitative estimate of drug-likeness (QED) is 0.813. The number of fused-ring (bicyclic) bond motifs is 1. The lowest BCUT2D eigenvalue weighted by Gasteiger charge is -2.06. The van der Waals surface area contributed by atoms with Gasteiger partial charge in [-0.05, 0) is 19.3 Å². The first-order chi connectivity index (χ1) is 8.42. The number of rotatable bonds is 1. The molecule has 3 heteroatoms. The highest BCUT2D eigenvalue weighted by Crippen LogP contribution is 2.21. The smallest absolute Gasteiger partial charge is 0.140 e. The average Bonchev–Trinajstić information content (AvgIpc) is 2.71. The highest BCUT2D eigenvalue weighted by molar-refractivity contribution is 5.23. The summed E-state index contributed by atoms with van der Waals surface area (Å²) >= 11 is 0. The summed E-state index contributed by atoms with van der Waals surface area (Å²) in [7, 11) is 0. The lowest BCUT2D eigenvalue weighted by atomic mass is 9.98. The van der Waals surface area contributed by atoms with Gasteiger partial charge < -0.3 is 10.3 Å². The standard InChI is InChI=1S/C14H24N2O/c15-11-13-12-9-7-5-3-1-2-4-6-8-10-14(12)17-16-13/h1-11,15H2. The molecule has 0 bridgehead atoms. The minimum absolute atomic E-state index is 0.513. The molecular formula is C14H24N2O. The Bertz CT molecular complexity index is 333. The fourth-order valence-electron chi connectivity index (χ4n) is 2.67. The number of nitrogens with zero attached hydrogens (tertiary/aromatic N) is 1. The number of aromatic nitrogens is 1. The molecule has 96 valence electrons. The molecule has 1 aliphatic rings. The van der Waals surface area contributed by atoms with Gasteiger partial charge in [-0.3, -0.25) is 0 Å². The maximum Gasteiger partial charge on any atom is 0.140 e. The second-order valence-electron chi connectivity index (χ2n) is 5.06. The van der Waals surface area contributed by atoms with Crippen LogP contribution in [0.3, 0.4) is 0 Å². The molecule has 0 aromatic carbocycles. The average molecular weight is 236 g/mol. The molecule has 0 spiro atoms. The fraction of sp³-hybridized carbons (Fsp3) is 0.786. The van der Waals surface area contributed by atoms with Crippen LogP contribution in [0.5, 0.6) is 0 Å². The zero-order valence-corrected chi connectivity index (χ0v) is 10.7. The molecule has 1 heterocycles. The molecule has 0 fully saturated rings. The number of hydrogen-bond acceptors (Lipinski definition) is 3. The van der Waals surface area contributed by atoms with Crippen molar-refractivity contribution in [3.8, 4) is 0 Å². The summed E-state index contributed by atoms with van der Waals surface area (Å²) in [5.41, 5.74) is 8.01. The highest BCUT2D eigenvalue weighted by Gasteiger charge is 2.14. The van der Waals surface area contributed by atoms with Crippen molar-refractivity contribution in [3.05, 3.63) is 17.0 Å². The van der Waals surface area contributed by atoms with Gasteiger partial charge in [0.05, 0.1) is 0 Å². The van der Waals surface area contributed by atoms with Gasteiger partial charge in [0.15, 0.2) is 0 Å². The zero-order chi connectivity index (χ0) is 11.9. The van der Waals surface area contributed by atoms with Crippen LogP contribution in [0.1, 0.15) is 68.4 Å². The monoisotopic (exact) mass is 236 g/mol. The van der Waals surface area contributed by atoms with Crippen molar-refractivity contribution >= 4 is 0 Å². The number of nitrogens with two attached hydrogens (primary N) is 1. The third-order valence-corrected chi connectivity index (χ3v) is 3.72. The summed E-state index contributed by atoms with van der Waals surface area (Å²) in [4.78, 5) is 0. The maximum absolute atomic E-state index is 5.71. The van der Waals surface area contributed by atoms with Gasteiger partial charge in [-0.2, -0.15) is 0 Å². The predicted octanol–water partition coefficient (Wildman–Crippen LogP) is 3.35. The Labute approximate surface area is 104 Å². The maximum atomic E-state index is 5.71. The van der Waals surface area contributed by atoms with Gasteiger partial charge in [0.25, 0.3) is 0 Å². The van der Waals surface area contributed by atoms with Crippen molar-refractivity contribution in [2.24, 2.45) is 5.73 Å². The van der Waals surface area contributed by atoms with E-state index in [1.54, 1.807) is 0 Å². The van der Waals surface area contributed by atoms with E-state index < -0.39 is 0 Å². The van der Waals surface area contributed by atoms with E-state index in [-0.39, 0.29) is 0 Å². The minimum Gasteiger partial charge on any atom is -0.361 e. The van der Waals surface area contributed by atoms with Gasteiger partial charge in [-0.1, -0.05) is 43.7 Å². The lowest BCUT2D eigenvalue weighted by molar-refractivity contribution is 0.371. The summed E-state index contributed by atoms with van der Waals surface area (Å²) in [5.74, 6) is 1.10. The van der Waals surface area contributed by atoms with E-state index in [1.165, 1.54) is 56.9 Å². The third-order valence-electron chi connectivity index (χ3n) is 3.72. The van der Waals surface area contributed by atoms with Crippen LogP contribution in [-0.2, 0) is 19.4 Å². The Balaban J connectivity index is 2.04. The number of hydrogen-bond donors (Lipinski definition) is 1. The van der Waals surface area contributed by atoms with Gasteiger partial charge in [0.1, 0.15) is 11.5 Å². The van der Waals surface area contributed by atoms with Crippen molar-refractivity contribution in [3.63, 3.8) is 0 Å². The van der Waals surface area contributed by atoms with E-state index in [2.05, 4.69) is 5.16 Å². The summed E-state index contributed by atoms with van der Waals surface area (Å²) in [5, 5.41) is 4.11. The molecule has 1 aromatic heterocycles. The number of aryl methyl sites for hydroxylation is 1. The van der Waals surface area contributed by atoms with Crippen LogP contribution in [-0.4, -0.2) is 5.16 Å². The predicted molar refractivity (Wildman–Crippen MR) is 68.7 cm³/mol. The van der Waals surface area contributed by atoms with E-state index >= 15 is 0 Å². The van der Waals surface area contributed by atoms with E-state index in [1.807, 2.05) is 0 Å². The first-order valence-electron chi connectivity index (χ1n) is 7.08. The highest BCUT2D eigenvalue weighted by atomic mass is 16.5. The van der Waals surface area contributed by atoms with Crippen LogP contribution in [0.25, 0.3) is 0 Å². The Kier molecular flexibility index (Phi) is 5.05. The molecule has 2 N–H and O–H groups in total. The van der Waals surface area contributed by atoms with E-state index in [9.17, 15) is 0 Å². The molecule has 1 aromatic rings. The summed E-state index contributed by atoms with van der Waals surface area (Å²) in [6.07, 6.45) is 12.8. The molecular weight excluding hydrogens is 212 g/mol. The first-order valence-corrected chi connectivity index (χ1v) is 7.08. The van der Waals surface area contributed by atoms with Gasteiger partial charge in [0, 0.05) is 18.5 Å². The van der Waals surface area contributed by atoms with E-state index in [4.69, 9.17) is 10.3 Å². The zero-order valence-electron chi connectivity index (χ0n) is 10.7. The van der Waals surface area contributed by atoms with Crippen LogP contribution < -0.4 is 5.73 Å². The van der Waals surface area contributed by atoms with Crippen molar-refractivity contribution < 1.29 is 4.52 Å². The molecule has 0 saturated heterocycles. The van der Waals surface area contributed by atoms with Crippen molar-refractivity contribution in [1.82, 2.24) is 5.16 Å². The third kappa shape index (κ3) is 3.56. The van der Waals surface area contributed by atoms with Gasteiger partial charge >= 0.3 is 0 Å². The van der Waals surface area contributed by atoms with Crippen LogP contribution in [0.4, 0.5) is 0 Å². The van der Waals surface area contributed by atoms with Crippen LogP contribution in [0.15, 0.2) is 4.52 Å². The molecule has 0 radical (unpaired) electrons. The second-order valence-corrected chi connectivity index (χ2v) is 5.06. The van der Waals surface area contributed by atoms with Crippen LogP contribution in [0, 0.1) is 0 Å². The Morgan fingerprint density at radius 2 is 1.47 bits per heavy atom. The molecule has 17 heavy (non-hydrogen) atoms. The molecule has 1 aliphatic carbocycles. The normalized spacial score (nSPS) is 19.1. The molecule has 0 unspecified atom stereocenters. The van der Waals surface area contributed by atoms with E-state index in [0.717, 1.165) is 24.3 Å². The van der Waals surface area contributed by atoms with Gasteiger partial charge in [0.2, 0.25) is 0 Å². The summed E-state index contributed by atoms with van der Waals surface area (Å²) in [6, 6.07) is 0. The van der Waals surface area contributed by atoms with Crippen molar-refractivity contribution in [2.45, 2.75) is 70.8 Å². The largest absolute Gasteiger partial charge is 0.361 e. The molecule has 2 rings (SSSR count). The summed E-state index contributed by atoms with van der Waals surface area (Å²) < 4.78 is 5.45. The first kappa shape index (κ1) is 12.6. The molecule has 0 saturated carbocycles. The lowest BCUT2D eigenvalue weighted by Crippen LogP contribution is -2.02. The molecule has 3 nitrogen and oxygen atoms in total. The Morgan fingerprint density at radius 3 is 2.12 bits per heavy atom. The second kappa shape index (κ2) is 6.80. The fourth-order valence-corrected chi connectivity index (χ4v) is 2.67.